The normalized spacial score (nSPS) is 38.4. The molecule has 4 aliphatic heterocycles. The van der Waals surface area contributed by atoms with Gasteiger partial charge in [0.15, 0.2) is 0 Å². The summed E-state index contributed by atoms with van der Waals surface area (Å²) in [5, 5.41) is 36.8. The van der Waals surface area contributed by atoms with E-state index in [2.05, 4.69) is 10.6 Å². The molecule has 0 spiro atoms. The molecule has 9 heteroatoms. The molecule has 1 amide bonds. The first kappa shape index (κ1) is 19.2. The molecule has 0 aromatic heterocycles. The number of hydrogen-bond donors (Lipinski definition) is 5. The number of rotatable bonds is 6. The number of amides is 1. The van der Waals surface area contributed by atoms with Crippen molar-refractivity contribution in [2.45, 2.75) is 49.8 Å². The number of carboxylic acids is 1. The smallest absolute Gasteiger partial charge is 0.353 e. The minimum absolute atomic E-state index is 0.0176. The number of carbonyl (C=O) groups excluding carboxylic acids is 1. The molecule has 0 bridgehead atoms. The van der Waals surface area contributed by atoms with E-state index < -0.39 is 24.1 Å². The van der Waals surface area contributed by atoms with Crippen LogP contribution < -0.4 is 10.6 Å². The lowest BCUT2D eigenvalue weighted by Crippen LogP contribution is -2.63. The predicted molar refractivity (Wildman–Crippen MR) is 99.8 cm³/mol. The van der Waals surface area contributed by atoms with Gasteiger partial charge in [0.05, 0.1) is 24.2 Å². The van der Waals surface area contributed by atoms with E-state index >= 15 is 0 Å². The van der Waals surface area contributed by atoms with Crippen LogP contribution in [0.5, 0.6) is 0 Å². The first-order valence-corrected chi connectivity index (χ1v) is 10.5. The molecular weight excluding hydrogens is 370 g/mol. The lowest BCUT2D eigenvalue weighted by molar-refractivity contribution is -0.163. The second kappa shape index (κ2) is 7.04. The molecule has 4 heterocycles. The Bertz CT molecular complexity index is 680. The van der Waals surface area contributed by atoms with Gasteiger partial charge in [0.25, 0.3) is 0 Å². The molecule has 4 aliphatic rings. The molecule has 0 saturated carbocycles. The van der Waals surface area contributed by atoms with Crippen molar-refractivity contribution in [2.24, 2.45) is 17.8 Å². The Balaban J connectivity index is 1.48. The summed E-state index contributed by atoms with van der Waals surface area (Å²) >= 11 is 1.52. The van der Waals surface area contributed by atoms with Gasteiger partial charge in [-0.15, -0.1) is 11.8 Å². The van der Waals surface area contributed by atoms with Crippen molar-refractivity contribution in [1.82, 2.24) is 15.5 Å². The van der Waals surface area contributed by atoms with Crippen LogP contribution in [0.4, 0.5) is 0 Å². The van der Waals surface area contributed by atoms with Gasteiger partial charge in [-0.3, -0.25) is 4.79 Å². The second-order valence-electron chi connectivity index (χ2n) is 8.17. The number of thioether (sulfide) groups is 1. The third kappa shape index (κ3) is 3.00. The molecule has 27 heavy (non-hydrogen) atoms. The van der Waals surface area contributed by atoms with Crippen LogP contribution in [0.25, 0.3) is 0 Å². The summed E-state index contributed by atoms with van der Waals surface area (Å²) in [5.74, 6) is -1.76. The highest BCUT2D eigenvalue weighted by Crippen LogP contribution is 2.51. The van der Waals surface area contributed by atoms with Crippen molar-refractivity contribution in [3.63, 3.8) is 0 Å². The first-order valence-electron chi connectivity index (χ1n) is 9.58. The number of aliphatic hydroxyl groups excluding tert-OH is 2. The molecule has 150 valence electrons. The predicted octanol–water partition coefficient (Wildman–Crippen LogP) is -0.816. The summed E-state index contributed by atoms with van der Waals surface area (Å²) in [4.78, 5) is 26.3. The Morgan fingerprint density at radius 2 is 2.00 bits per heavy atom. The maximum atomic E-state index is 12.4. The maximum absolute atomic E-state index is 12.4. The summed E-state index contributed by atoms with van der Waals surface area (Å²) in [6, 6.07) is -0.257. The second-order valence-corrected chi connectivity index (χ2v) is 9.51. The lowest BCUT2D eigenvalue weighted by atomic mass is 9.79. The molecular formula is C18H27N3O5S. The van der Waals surface area contributed by atoms with Gasteiger partial charge >= 0.3 is 5.97 Å². The van der Waals surface area contributed by atoms with E-state index in [-0.39, 0.29) is 40.8 Å². The molecule has 4 rings (SSSR count). The van der Waals surface area contributed by atoms with Crippen molar-refractivity contribution in [1.29, 1.82) is 0 Å². The minimum Gasteiger partial charge on any atom is -0.477 e. The lowest BCUT2D eigenvalue weighted by Gasteiger charge is -2.46. The summed E-state index contributed by atoms with van der Waals surface area (Å²) in [6.07, 6.45) is -0.416. The monoisotopic (exact) mass is 397 g/mol. The third-order valence-electron chi connectivity index (χ3n) is 6.44. The molecule has 3 saturated heterocycles. The van der Waals surface area contributed by atoms with Gasteiger partial charge in [0, 0.05) is 47.7 Å². The van der Waals surface area contributed by atoms with Crippen molar-refractivity contribution in [3.05, 3.63) is 10.6 Å². The zero-order chi connectivity index (χ0) is 19.5. The topological polar surface area (TPSA) is 122 Å². The fourth-order valence-corrected chi connectivity index (χ4v) is 6.32. The molecule has 5 N–H and O–H groups in total. The van der Waals surface area contributed by atoms with E-state index in [9.17, 15) is 24.9 Å². The fourth-order valence-electron chi connectivity index (χ4n) is 4.82. The average Bonchev–Trinajstić information content (AvgIpc) is 3.09. The third-order valence-corrected chi connectivity index (χ3v) is 7.95. The van der Waals surface area contributed by atoms with Crippen LogP contribution in [0.1, 0.15) is 20.3 Å². The van der Waals surface area contributed by atoms with Gasteiger partial charge in [-0.2, -0.15) is 0 Å². The van der Waals surface area contributed by atoms with Gasteiger partial charge in [-0.1, -0.05) is 6.92 Å². The van der Waals surface area contributed by atoms with E-state index in [1.165, 1.54) is 16.7 Å². The molecule has 1 unspecified atom stereocenters. The maximum Gasteiger partial charge on any atom is 0.353 e. The summed E-state index contributed by atoms with van der Waals surface area (Å²) < 4.78 is 0. The van der Waals surface area contributed by atoms with Gasteiger partial charge < -0.3 is 30.9 Å². The molecule has 7 atom stereocenters. The van der Waals surface area contributed by atoms with Crippen molar-refractivity contribution < 1.29 is 24.9 Å². The number of aliphatic hydroxyl groups is 2. The van der Waals surface area contributed by atoms with Crippen LogP contribution in [0.15, 0.2) is 10.6 Å². The molecule has 0 aromatic carbocycles. The quantitative estimate of drug-likeness (QED) is 0.369. The number of carbonyl (C=O) groups is 2. The number of hydrogen-bond acceptors (Lipinski definition) is 7. The van der Waals surface area contributed by atoms with Crippen molar-refractivity contribution in [2.75, 3.05) is 19.6 Å². The Morgan fingerprint density at radius 1 is 1.30 bits per heavy atom. The van der Waals surface area contributed by atoms with Crippen LogP contribution in [0.3, 0.4) is 0 Å². The zero-order valence-electron chi connectivity index (χ0n) is 15.5. The molecule has 0 aliphatic carbocycles. The molecule has 0 aromatic rings. The highest BCUT2D eigenvalue weighted by Gasteiger charge is 2.60. The summed E-state index contributed by atoms with van der Waals surface area (Å²) in [6.45, 7) is 5.89. The van der Waals surface area contributed by atoms with E-state index in [0.29, 0.717) is 6.54 Å². The van der Waals surface area contributed by atoms with Gasteiger partial charge in [0.1, 0.15) is 5.70 Å². The highest BCUT2D eigenvalue weighted by atomic mass is 32.2. The van der Waals surface area contributed by atoms with E-state index in [1.54, 1.807) is 6.92 Å². The number of nitrogens with zero attached hydrogens (tertiary/aromatic N) is 1. The number of nitrogens with one attached hydrogen (secondary N) is 2. The van der Waals surface area contributed by atoms with Crippen LogP contribution in [-0.4, -0.2) is 81.3 Å². The minimum atomic E-state index is -1.09. The molecule has 0 radical (unpaired) electrons. The Labute approximate surface area is 162 Å². The summed E-state index contributed by atoms with van der Waals surface area (Å²) in [7, 11) is 0. The van der Waals surface area contributed by atoms with E-state index in [1.807, 2.05) is 6.92 Å². The zero-order valence-corrected chi connectivity index (χ0v) is 16.3. The van der Waals surface area contributed by atoms with Crippen LogP contribution >= 0.6 is 11.8 Å². The standard InChI is InChI=1S/C18H27N3O5S/c1-7-13-12(8(2)22)17(24)21(13)14(18(25)26)16(7)27-10-3-11(20-6-10)15(23)9-4-19-5-9/h7-13,15,19-20,22-23H,3-6H2,1-2H3,(H,25,26)/t7-,8-,10+,11+,12-,13-,15?/m1/s1. The van der Waals surface area contributed by atoms with Crippen LogP contribution in [-0.2, 0) is 9.59 Å². The molecule has 8 nitrogen and oxygen atoms in total. The Kier molecular flexibility index (Phi) is 5.00. The van der Waals surface area contributed by atoms with E-state index in [0.717, 1.165) is 24.4 Å². The van der Waals surface area contributed by atoms with Gasteiger partial charge in [-0.05, 0) is 13.3 Å². The number of β-lactam (4-membered cyclic amide) rings is 1. The Hall–Kier alpha value is -1.13. The van der Waals surface area contributed by atoms with Crippen molar-refractivity contribution in [3.8, 4) is 0 Å². The van der Waals surface area contributed by atoms with Gasteiger partial charge in [-0.25, -0.2) is 4.79 Å². The van der Waals surface area contributed by atoms with Crippen LogP contribution in [0.2, 0.25) is 0 Å². The Morgan fingerprint density at radius 3 is 2.56 bits per heavy atom. The largest absolute Gasteiger partial charge is 0.477 e. The summed E-state index contributed by atoms with van der Waals surface area (Å²) in [5.41, 5.74) is 0.0755. The fraction of sp³-hybridized carbons (Fsp3) is 0.778. The molecule has 3 fully saturated rings. The van der Waals surface area contributed by atoms with Gasteiger partial charge in [0.2, 0.25) is 5.91 Å². The SMILES string of the molecule is C[C@@H](O)[C@H]1C(=O)N2C(C(=O)O)=C(S[C@@H]3CN[C@H](C(O)C4CNC4)C3)[C@H](C)[C@H]12. The van der Waals surface area contributed by atoms with E-state index in [4.69, 9.17) is 0 Å². The number of aliphatic carboxylic acids is 1. The highest BCUT2D eigenvalue weighted by molar-refractivity contribution is 8.03. The van der Waals surface area contributed by atoms with Crippen LogP contribution in [0, 0.1) is 17.8 Å². The first-order chi connectivity index (χ1) is 12.8. The number of fused-ring (bicyclic) bond motifs is 1. The number of carboxylic acid groups (broad SMARTS) is 1. The average molecular weight is 397 g/mol. The van der Waals surface area contributed by atoms with Crippen molar-refractivity contribution >= 4 is 23.6 Å².